The molecular weight excluding hydrogens is 330 g/mol. The number of methoxy groups -OCH3 is 1. The number of aryl methyl sites for hydroxylation is 1. The SMILES string of the molecule is COc1ccccc1C(N)c1oc2cc(Br)ccc2c1C. The molecule has 0 bridgehead atoms. The van der Waals surface area contributed by atoms with Crippen LogP contribution in [0, 0.1) is 6.92 Å². The first-order valence-corrected chi connectivity index (χ1v) is 7.48. The number of fused-ring (bicyclic) bond motifs is 1. The topological polar surface area (TPSA) is 48.4 Å². The van der Waals surface area contributed by atoms with Crippen molar-refractivity contribution in [1.82, 2.24) is 0 Å². The van der Waals surface area contributed by atoms with E-state index in [1.54, 1.807) is 7.11 Å². The fourth-order valence-electron chi connectivity index (χ4n) is 2.58. The lowest BCUT2D eigenvalue weighted by atomic mass is 10.0. The second kappa shape index (κ2) is 5.54. The van der Waals surface area contributed by atoms with Gasteiger partial charge in [0.25, 0.3) is 0 Å². The Morgan fingerprint density at radius 1 is 1.19 bits per heavy atom. The average Bonchev–Trinajstić information content (AvgIpc) is 2.82. The first-order valence-electron chi connectivity index (χ1n) is 6.69. The lowest BCUT2D eigenvalue weighted by Gasteiger charge is -2.14. The van der Waals surface area contributed by atoms with E-state index in [2.05, 4.69) is 15.9 Å². The third-order valence-corrected chi connectivity index (χ3v) is 4.19. The van der Waals surface area contributed by atoms with Crippen LogP contribution in [0.2, 0.25) is 0 Å². The minimum atomic E-state index is -0.354. The molecule has 0 spiro atoms. The summed E-state index contributed by atoms with van der Waals surface area (Å²) in [4.78, 5) is 0. The molecule has 0 saturated heterocycles. The Kier molecular flexibility index (Phi) is 3.74. The lowest BCUT2D eigenvalue weighted by molar-refractivity contribution is 0.404. The minimum Gasteiger partial charge on any atom is -0.496 e. The quantitative estimate of drug-likeness (QED) is 0.756. The van der Waals surface area contributed by atoms with Gasteiger partial charge in [0, 0.05) is 21.0 Å². The molecule has 1 atom stereocenters. The van der Waals surface area contributed by atoms with Crippen molar-refractivity contribution in [3.05, 3.63) is 63.8 Å². The number of hydrogen-bond donors (Lipinski definition) is 1. The van der Waals surface area contributed by atoms with Crippen LogP contribution in [0.15, 0.2) is 51.4 Å². The molecule has 4 heteroatoms. The van der Waals surface area contributed by atoms with E-state index >= 15 is 0 Å². The Labute approximate surface area is 131 Å². The standard InChI is InChI=1S/C17H16BrNO2/c1-10-12-8-7-11(18)9-15(12)21-17(10)16(19)13-5-3-4-6-14(13)20-2/h3-9,16H,19H2,1-2H3. The molecule has 0 fully saturated rings. The molecule has 3 aromatic rings. The molecule has 0 aliphatic heterocycles. The van der Waals surface area contributed by atoms with Crippen molar-refractivity contribution < 1.29 is 9.15 Å². The first kappa shape index (κ1) is 14.2. The van der Waals surface area contributed by atoms with Gasteiger partial charge < -0.3 is 14.9 Å². The van der Waals surface area contributed by atoms with Crippen LogP contribution in [0.5, 0.6) is 5.75 Å². The molecule has 1 aromatic heterocycles. The smallest absolute Gasteiger partial charge is 0.135 e. The maximum absolute atomic E-state index is 6.41. The van der Waals surface area contributed by atoms with Crippen molar-refractivity contribution in [2.45, 2.75) is 13.0 Å². The van der Waals surface area contributed by atoms with Crippen molar-refractivity contribution in [2.24, 2.45) is 5.73 Å². The summed E-state index contributed by atoms with van der Waals surface area (Å²) < 4.78 is 12.4. The van der Waals surface area contributed by atoms with Gasteiger partial charge in [-0.2, -0.15) is 0 Å². The third kappa shape index (κ3) is 2.45. The largest absolute Gasteiger partial charge is 0.496 e. The van der Waals surface area contributed by atoms with Crippen LogP contribution in [0.25, 0.3) is 11.0 Å². The summed E-state index contributed by atoms with van der Waals surface area (Å²) >= 11 is 3.46. The van der Waals surface area contributed by atoms with Gasteiger partial charge in [0.05, 0.1) is 13.2 Å². The monoisotopic (exact) mass is 345 g/mol. The molecule has 0 aliphatic rings. The van der Waals surface area contributed by atoms with Gasteiger partial charge in [-0.25, -0.2) is 0 Å². The van der Waals surface area contributed by atoms with Crippen molar-refractivity contribution >= 4 is 26.9 Å². The fraction of sp³-hybridized carbons (Fsp3) is 0.176. The Bertz CT molecular complexity index is 795. The summed E-state index contributed by atoms with van der Waals surface area (Å²) in [5, 5.41) is 1.08. The van der Waals surface area contributed by atoms with Gasteiger partial charge in [-0.3, -0.25) is 0 Å². The molecular formula is C17H16BrNO2. The molecule has 1 unspecified atom stereocenters. The molecule has 0 radical (unpaired) electrons. The third-order valence-electron chi connectivity index (χ3n) is 3.69. The highest BCUT2D eigenvalue weighted by Crippen LogP contribution is 2.35. The second-order valence-corrected chi connectivity index (χ2v) is 5.87. The number of nitrogens with two attached hydrogens (primary N) is 1. The Hall–Kier alpha value is -1.78. The predicted molar refractivity (Wildman–Crippen MR) is 87.7 cm³/mol. The average molecular weight is 346 g/mol. The Balaban J connectivity index is 2.13. The number of halogens is 1. The summed E-state index contributed by atoms with van der Waals surface area (Å²) in [7, 11) is 1.65. The zero-order chi connectivity index (χ0) is 15.0. The van der Waals surface area contributed by atoms with Crippen LogP contribution >= 0.6 is 15.9 Å². The summed E-state index contributed by atoms with van der Waals surface area (Å²) in [6.45, 7) is 2.03. The van der Waals surface area contributed by atoms with Gasteiger partial charge in [0.1, 0.15) is 17.1 Å². The van der Waals surface area contributed by atoms with Crippen LogP contribution in [0.4, 0.5) is 0 Å². The van der Waals surface area contributed by atoms with Crippen LogP contribution in [-0.2, 0) is 0 Å². The normalized spacial score (nSPS) is 12.6. The van der Waals surface area contributed by atoms with E-state index in [0.717, 1.165) is 38.1 Å². The summed E-state index contributed by atoms with van der Waals surface area (Å²) in [5.41, 5.74) is 9.23. The fourth-order valence-corrected chi connectivity index (χ4v) is 2.92. The molecule has 2 aromatic carbocycles. The molecule has 0 aliphatic carbocycles. The maximum Gasteiger partial charge on any atom is 0.135 e. The molecule has 21 heavy (non-hydrogen) atoms. The van der Waals surface area contributed by atoms with Crippen molar-refractivity contribution in [3.63, 3.8) is 0 Å². The number of ether oxygens (including phenoxy) is 1. The molecule has 2 N–H and O–H groups in total. The number of para-hydroxylation sites is 1. The molecule has 1 heterocycles. The van der Waals surface area contributed by atoms with Gasteiger partial charge in [-0.15, -0.1) is 0 Å². The zero-order valence-electron chi connectivity index (χ0n) is 11.9. The van der Waals surface area contributed by atoms with E-state index in [0.29, 0.717) is 0 Å². The van der Waals surface area contributed by atoms with E-state index in [9.17, 15) is 0 Å². The number of rotatable bonds is 3. The Morgan fingerprint density at radius 2 is 1.95 bits per heavy atom. The highest BCUT2D eigenvalue weighted by atomic mass is 79.9. The number of benzene rings is 2. The van der Waals surface area contributed by atoms with Crippen LogP contribution in [0.1, 0.15) is 22.9 Å². The second-order valence-electron chi connectivity index (χ2n) is 4.95. The number of hydrogen-bond acceptors (Lipinski definition) is 3. The van der Waals surface area contributed by atoms with Gasteiger partial charge in [0.15, 0.2) is 0 Å². The molecule has 108 valence electrons. The maximum atomic E-state index is 6.41. The molecule has 0 amide bonds. The van der Waals surface area contributed by atoms with Crippen LogP contribution in [-0.4, -0.2) is 7.11 Å². The summed E-state index contributed by atoms with van der Waals surface area (Å²) in [5.74, 6) is 1.54. The molecule has 3 rings (SSSR count). The lowest BCUT2D eigenvalue weighted by Crippen LogP contribution is -2.13. The minimum absolute atomic E-state index is 0.354. The number of furan rings is 1. The van der Waals surface area contributed by atoms with Crippen LogP contribution in [0.3, 0.4) is 0 Å². The van der Waals surface area contributed by atoms with Gasteiger partial charge >= 0.3 is 0 Å². The summed E-state index contributed by atoms with van der Waals surface area (Å²) in [6, 6.07) is 13.4. The van der Waals surface area contributed by atoms with Gasteiger partial charge in [0.2, 0.25) is 0 Å². The van der Waals surface area contributed by atoms with E-state index in [1.807, 2.05) is 49.4 Å². The molecule has 0 saturated carbocycles. The first-order chi connectivity index (χ1) is 10.1. The van der Waals surface area contributed by atoms with Crippen molar-refractivity contribution in [2.75, 3.05) is 7.11 Å². The highest BCUT2D eigenvalue weighted by Gasteiger charge is 2.21. The van der Waals surface area contributed by atoms with E-state index in [1.165, 1.54) is 0 Å². The van der Waals surface area contributed by atoms with Gasteiger partial charge in [-0.05, 0) is 31.2 Å². The van der Waals surface area contributed by atoms with Gasteiger partial charge in [-0.1, -0.05) is 34.1 Å². The highest BCUT2D eigenvalue weighted by molar-refractivity contribution is 9.10. The van der Waals surface area contributed by atoms with E-state index in [-0.39, 0.29) is 6.04 Å². The van der Waals surface area contributed by atoms with Crippen molar-refractivity contribution in [1.29, 1.82) is 0 Å². The zero-order valence-corrected chi connectivity index (χ0v) is 13.5. The predicted octanol–water partition coefficient (Wildman–Crippen LogP) is 4.56. The van der Waals surface area contributed by atoms with E-state index < -0.39 is 0 Å². The molecule has 3 nitrogen and oxygen atoms in total. The summed E-state index contributed by atoms with van der Waals surface area (Å²) in [6.07, 6.45) is 0. The van der Waals surface area contributed by atoms with Crippen molar-refractivity contribution in [3.8, 4) is 5.75 Å². The van der Waals surface area contributed by atoms with E-state index in [4.69, 9.17) is 14.9 Å². The Morgan fingerprint density at radius 3 is 2.71 bits per heavy atom. The van der Waals surface area contributed by atoms with Crippen LogP contribution < -0.4 is 10.5 Å².